The molecule has 7 N–H and O–H groups in total. The van der Waals surface area contributed by atoms with Crippen LogP contribution in [0.1, 0.15) is 31.9 Å². The number of nitrogens with two attached hydrogens (primary N) is 1. The summed E-state index contributed by atoms with van der Waals surface area (Å²) >= 11 is 1.49. The molecule has 2 rings (SSSR count). The molecule has 1 aliphatic heterocycles. The lowest BCUT2D eigenvalue weighted by molar-refractivity contribution is -0.149. The van der Waals surface area contributed by atoms with E-state index in [0.29, 0.717) is 37.3 Å². The first-order valence-electron chi connectivity index (χ1n) is 10.7. The number of H-pyrrole nitrogens is 1. The zero-order chi connectivity index (χ0) is 24.5. The Bertz CT molecular complexity index is 820. The molecule has 2 heterocycles. The zero-order valence-electron chi connectivity index (χ0n) is 18.7. The van der Waals surface area contributed by atoms with Crippen molar-refractivity contribution in [3.05, 3.63) is 18.2 Å². The third-order valence-electron chi connectivity index (χ3n) is 5.48. The molecule has 13 heteroatoms. The molecule has 1 aromatic heterocycles. The highest BCUT2D eigenvalue weighted by atomic mass is 32.2. The summed E-state index contributed by atoms with van der Waals surface area (Å²) in [5.74, 6) is -2.32. The molecule has 1 aromatic rings. The van der Waals surface area contributed by atoms with Crippen LogP contribution in [0.3, 0.4) is 0 Å². The van der Waals surface area contributed by atoms with Gasteiger partial charge in [-0.25, -0.2) is 9.78 Å². The summed E-state index contributed by atoms with van der Waals surface area (Å²) in [4.78, 5) is 58.3. The normalized spacial score (nSPS) is 19.4. The molecule has 5 atom stereocenters. The van der Waals surface area contributed by atoms with Gasteiger partial charge >= 0.3 is 5.97 Å². The Balaban J connectivity index is 2.19. The van der Waals surface area contributed by atoms with Crippen molar-refractivity contribution in [2.75, 3.05) is 18.6 Å². The minimum Gasteiger partial charge on any atom is -0.480 e. The number of aliphatic hydroxyl groups is 1. The number of carbonyl (C=O) groups excluding carboxylic acids is 3. The molecule has 184 valence electrons. The van der Waals surface area contributed by atoms with E-state index in [0.717, 1.165) is 0 Å². The van der Waals surface area contributed by atoms with Crippen molar-refractivity contribution in [3.8, 4) is 0 Å². The van der Waals surface area contributed by atoms with E-state index in [9.17, 15) is 29.4 Å². The van der Waals surface area contributed by atoms with Crippen molar-refractivity contribution >= 4 is 35.5 Å². The van der Waals surface area contributed by atoms with Gasteiger partial charge < -0.3 is 36.5 Å². The average Bonchev–Trinajstić information content (AvgIpc) is 3.46. The van der Waals surface area contributed by atoms with Gasteiger partial charge in [0.15, 0.2) is 0 Å². The Hall–Kier alpha value is -2.64. The van der Waals surface area contributed by atoms with Gasteiger partial charge in [0, 0.05) is 24.9 Å². The Morgan fingerprint density at radius 3 is 2.58 bits per heavy atom. The third-order valence-corrected chi connectivity index (χ3v) is 6.12. The fourth-order valence-corrected chi connectivity index (χ4v) is 4.04. The predicted molar refractivity (Wildman–Crippen MR) is 121 cm³/mol. The summed E-state index contributed by atoms with van der Waals surface area (Å²) in [6.07, 6.45) is 4.94. The maximum atomic E-state index is 13.1. The number of nitrogens with zero attached hydrogens (tertiary/aromatic N) is 2. The lowest BCUT2D eigenvalue weighted by Gasteiger charge is -2.29. The molecule has 12 nitrogen and oxygen atoms in total. The van der Waals surface area contributed by atoms with E-state index >= 15 is 0 Å². The number of thioether (sulfide) groups is 1. The number of amides is 3. The molecule has 1 saturated heterocycles. The number of hydrogen-bond donors (Lipinski definition) is 6. The van der Waals surface area contributed by atoms with Crippen molar-refractivity contribution in [1.29, 1.82) is 0 Å². The van der Waals surface area contributed by atoms with Crippen molar-refractivity contribution in [3.63, 3.8) is 0 Å². The molecule has 0 aromatic carbocycles. The summed E-state index contributed by atoms with van der Waals surface area (Å²) in [7, 11) is 0. The summed E-state index contributed by atoms with van der Waals surface area (Å²) in [5.41, 5.74) is 6.26. The van der Waals surface area contributed by atoms with Crippen LogP contribution in [0.15, 0.2) is 12.5 Å². The van der Waals surface area contributed by atoms with Crippen LogP contribution in [-0.2, 0) is 25.6 Å². The summed E-state index contributed by atoms with van der Waals surface area (Å²) in [5, 5.41) is 24.2. The Morgan fingerprint density at radius 2 is 2.00 bits per heavy atom. The van der Waals surface area contributed by atoms with Gasteiger partial charge in [0.1, 0.15) is 24.2 Å². The number of aromatic nitrogens is 2. The van der Waals surface area contributed by atoms with E-state index in [1.54, 1.807) is 0 Å². The van der Waals surface area contributed by atoms with Gasteiger partial charge in [0.25, 0.3) is 0 Å². The number of aliphatic carboxylic acids is 1. The number of aliphatic hydroxyl groups excluding tert-OH is 1. The summed E-state index contributed by atoms with van der Waals surface area (Å²) in [6, 6.07) is -4.20. The molecular weight excluding hydrogens is 452 g/mol. The fraction of sp³-hybridized carbons (Fsp3) is 0.650. The fourth-order valence-electron chi connectivity index (χ4n) is 3.57. The van der Waals surface area contributed by atoms with Gasteiger partial charge in [-0.05, 0) is 38.2 Å². The molecular formula is C20H32N6O6S. The Labute approximate surface area is 196 Å². The second-order valence-electron chi connectivity index (χ2n) is 7.98. The summed E-state index contributed by atoms with van der Waals surface area (Å²) < 4.78 is 0. The molecule has 0 bridgehead atoms. The molecule has 1 aliphatic rings. The minimum absolute atomic E-state index is 0.0506. The van der Waals surface area contributed by atoms with Crippen LogP contribution in [-0.4, -0.2) is 97.6 Å². The quantitative estimate of drug-likeness (QED) is 0.204. The van der Waals surface area contributed by atoms with Crippen molar-refractivity contribution < 1.29 is 29.4 Å². The second kappa shape index (κ2) is 12.6. The van der Waals surface area contributed by atoms with Crippen molar-refractivity contribution in [1.82, 2.24) is 25.5 Å². The first-order chi connectivity index (χ1) is 15.6. The zero-order valence-corrected chi connectivity index (χ0v) is 19.5. The molecule has 0 saturated carbocycles. The topological polar surface area (TPSA) is 191 Å². The lowest BCUT2D eigenvalue weighted by Crippen LogP contribution is -2.58. The standard InChI is InChI=1S/C20H32N6O6S/c1-11(27)16(21)18(29)25-14(8-12-9-22-10-23-12)17(28)24-13(5-7-33-2)19(30)26-6-3-4-15(26)20(31)32/h9-11,13-16,27H,3-8,21H2,1-2H3,(H,22,23)(H,24,28)(H,25,29)(H,31,32). The maximum absolute atomic E-state index is 13.1. The van der Waals surface area contributed by atoms with E-state index in [-0.39, 0.29) is 6.42 Å². The van der Waals surface area contributed by atoms with E-state index < -0.39 is 54.0 Å². The molecule has 5 unspecified atom stereocenters. The van der Waals surface area contributed by atoms with Crippen LogP contribution in [0, 0.1) is 0 Å². The maximum Gasteiger partial charge on any atom is 0.326 e. The number of aromatic amines is 1. The van der Waals surface area contributed by atoms with Crippen molar-refractivity contribution in [2.45, 2.75) is 62.9 Å². The van der Waals surface area contributed by atoms with Gasteiger partial charge in [0.2, 0.25) is 17.7 Å². The molecule has 3 amide bonds. The number of hydrogen-bond acceptors (Lipinski definition) is 8. The van der Waals surface area contributed by atoms with Crippen LogP contribution in [0.25, 0.3) is 0 Å². The molecule has 0 spiro atoms. The highest BCUT2D eigenvalue weighted by Crippen LogP contribution is 2.20. The van der Waals surface area contributed by atoms with Gasteiger partial charge in [-0.3, -0.25) is 14.4 Å². The monoisotopic (exact) mass is 484 g/mol. The van der Waals surface area contributed by atoms with Gasteiger partial charge in [-0.15, -0.1) is 0 Å². The van der Waals surface area contributed by atoms with Gasteiger partial charge in [0.05, 0.1) is 12.4 Å². The van der Waals surface area contributed by atoms with Crippen LogP contribution in [0.4, 0.5) is 0 Å². The third kappa shape index (κ3) is 7.44. The number of imidazole rings is 1. The number of carboxylic acids is 1. The number of likely N-dealkylation sites (tertiary alicyclic amines) is 1. The first-order valence-corrected chi connectivity index (χ1v) is 12.1. The van der Waals surface area contributed by atoms with Gasteiger partial charge in [-0.2, -0.15) is 11.8 Å². The second-order valence-corrected chi connectivity index (χ2v) is 8.96. The van der Waals surface area contributed by atoms with Gasteiger partial charge in [-0.1, -0.05) is 0 Å². The van der Waals surface area contributed by atoms with Crippen molar-refractivity contribution in [2.24, 2.45) is 5.73 Å². The lowest BCUT2D eigenvalue weighted by atomic mass is 10.1. The van der Waals surface area contributed by atoms with E-state index in [1.807, 2.05) is 6.26 Å². The van der Waals surface area contributed by atoms with E-state index in [2.05, 4.69) is 20.6 Å². The molecule has 33 heavy (non-hydrogen) atoms. The van der Waals surface area contributed by atoms with Crippen LogP contribution >= 0.6 is 11.8 Å². The van der Waals surface area contributed by atoms with Crippen LogP contribution < -0.4 is 16.4 Å². The Morgan fingerprint density at radius 1 is 1.30 bits per heavy atom. The van der Waals surface area contributed by atoms with Crippen LogP contribution in [0.5, 0.6) is 0 Å². The number of carboxylic acid groups (broad SMARTS) is 1. The largest absolute Gasteiger partial charge is 0.480 e. The number of carbonyl (C=O) groups is 4. The predicted octanol–water partition coefficient (Wildman–Crippen LogP) is -1.54. The smallest absolute Gasteiger partial charge is 0.326 e. The average molecular weight is 485 g/mol. The SMILES string of the molecule is CSCCC(NC(=O)C(Cc1cnc[nH]1)NC(=O)C(N)C(C)O)C(=O)N1CCCC1C(=O)O. The van der Waals surface area contributed by atoms with Crippen LogP contribution in [0.2, 0.25) is 0 Å². The Kier molecular flexibility index (Phi) is 10.1. The van der Waals surface area contributed by atoms with E-state index in [4.69, 9.17) is 5.73 Å². The molecule has 1 fully saturated rings. The summed E-state index contributed by atoms with van der Waals surface area (Å²) in [6.45, 7) is 1.67. The molecule has 0 radical (unpaired) electrons. The van der Waals surface area contributed by atoms with E-state index in [1.165, 1.54) is 36.1 Å². The first kappa shape index (κ1) is 26.6. The molecule has 0 aliphatic carbocycles. The highest BCUT2D eigenvalue weighted by Gasteiger charge is 2.38. The highest BCUT2D eigenvalue weighted by molar-refractivity contribution is 7.98. The minimum atomic E-state index is -1.24. The number of nitrogens with one attached hydrogen (secondary N) is 3. The number of rotatable bonds is 12.